The fraction of sp³-hybridized carbons (Fsp3) is 0. The largest absolute Gasteiger partial charge is 0.440 e. The summed E-state index contributed by atoms with van der Waals surface area (Å²) < 4.78 is 0. The number of hydrogen-bond donors (Lipinski definition) is 0. The number of hydrogen-bond acceptors (Lipinski definition) is 0. The van der Waals surface area contributed by atoms with E-state index in [0.29, 0.717) is 0 Å². The predicted molar refractivity (Wildman–Crippen MR) is 78.6 cm³/mol. The smallest absolute Gasteiger partial charge is 0.121 e. The molecule has 0 fully saturated rings. The van der Waals surface area contributed by atoms with Crippen molar-refractivity contribution in [1.82, 2.24) is 0 Å². The Hall–Kier alpha value is 1.68. The van der Waals surface area contributed by atoms with Gasteiger partial charge in [-0.3, -0.25) is 0 Å². The molecule has 0 aliphatic rings. The molecule has 1 aromatic carbocycles. The highest BCUT2D eigenvalue weighted by Gasteiger charge is 2.27. The number of halogens is 7. The van der Waals surface area contributed by atoms with Gasteiger partial charge in [0.15, 0.2) is 0 Å². The topological polar surface area (TPSA) is 0 Å². The lowest BCUT2D eigenvalue weighted by molar-refractivity contribution is 1.77. The minimum absolute atomic E-state index is 0.833. The summed E-state index contributed by atoms with van der Waals surface area (Å²) in [5.41, 5.74) is 0. The minimum Gasteiger partial charge on any atom is -0.121 e. The van der Waals surface area contributed by atoms with Crippen LogP contribution in [-0.2, 0) is 0 Å². The lowest BCUT2D eigenvalue weighted by Gasteiger charge is -2.05. The third-order valence-corrected chi connectivity index (χ3v) is 4.05. The third-order valence-electron chi connectivity index (χ3n) is 1.10. The van der Waals surface area contributed by atoms with Crippen molar-refractivity contribution in [3.63, 3.8) is 0 Å². The van der Waals surface area contributed by atoms with Gasteiger partial charge < -0.3 is 0 Å². The Kier molecular flexibility index (Phi) is 8.00. The molecule has 0 atom stereocenters. The number of rotatable bonds is 1. The van der Waals surface area contributed by atoms with Crippen molar-refractivity contribution < 1.29 is 0 Å². The molecule has 15 heavy (non-hydrogen) atoms. The zero-order valence-electron chi connectivity index (χ0n) is 7.03. The van der Waals surface area contributed by atoms with Gasteiger partial charge >= 0.3 is 11.3 Å². The summed E-state index contributed by atoms with van der Waals surface area (Å²) in [6.07, 6.45) is 0. The summed E-state index contributed by atoms with van der Waals surface area (Å²) in [4.78, 5) is 0. The van der Waals surface area contributed by atoms with Crippen molar-refractivity contribution >= 4 is 94.1 Å². The van der Waals surface area contributed by atoms with E-state index in [1.807, 2.05) is 30.3 Å². The highest BCUT2D eigenvalue weighted by molar-refractivity contribution is 7.81. The van der Waals surface area contributed by atoms with Crippen LogP contribution < -0.4 is 5.19 Å². The maximum atomic E-state index is 5.73. The molecule has 0 amide bonds. The monoisotopic (exact) mass is 378 g/mol. The zero-order valence-corrected chi connectivity index (χ0v) is 14.3. The third kappa shape index (κ3) is 11.9. The Bertz CT molecular complexity index is 272. The first-order valence-corrected chi connectivity index (χ1v) is 14.6. The summed E-state index contributed by atoms with van der Waals surface area (Å²) in [5.74, 6) is 0. The summed E-state index contributed by atoms with van der Waals surface area (Å²) in [7, 11) is 0. The Labute approximate surface area is 123 Å². The van der Waals surface area contributed by atoms with E-state index < -0.39 is 11.3 Å². The highest BCUT2D eigenvalue weighted by Crippen LogP contribution is 2.23. The van der Waals surface area contributed by atoms with Gasteiger partial charge in [-0.05, 0) is 5.19 Å². The van der Waals surface area contributed by atoms with Gasteiger partial charge in [-0.25, -0.2) is 0 Å². The average Bonchev–Trinajstić information content (AvgIpc) is 2.01. The first-order valence-electron chi connectivity index (χ1n) is 3.48. The molecule has 0 radical (unpaired) electrons. The van der Waals surface area contributed by atoms with Crippen LogP contribution in [0.1, 0.15) is 0 Å². The maximum absolute atomic E-state index is 5.73. The van der Waals surface area contributed by atoms with Gasteiger partial charge in [0.25, 0.3) is 0 Å². The van der Waals surface area contributed by atoms with Gasteiger partial charge in [-0.15, -0.1) is 77.6 Å². The number of benzene rings is 1. The molecular formula is C6H5Cl7Si2. The summed E-state index contributed by atoms with van der Waals surface area (Å²) >= 11 is 37.0. The first kappa shape index (κ1) is 16.7. The van der Waals surface area contributed by atoms with E-state index in [1.165, 1.54) is 0 Å². The molecule has 0 spiro atoms. The molecule has 0 heterocycles. The molecule has 0 saturated carbocycles. The van der Waals surface area contributed by atoms with Crippen LogP contribution in [-0.4, -0.2) is 11.3 Å². The van der Waals surface area contributed by atoms with E-state index in [1.54, 1.807) is 0 Å². The fourth-order valence-corrected chi connectivity index (χ4v) is 2.33. The molecule has 0 bridgehead atoms. The predicted octanol–water partition coefficient (Wildman–Crippen LogP) is 4.93. The Balaban J connectivity index is 0.000000336. The second kappa shape index (κ2) is 7.19. The molecule has 0 unspecified atom stereocenters. The van der Waals surface area contributed by atoms with Gasteiger partial charge in [0.05, 0.1) is 0 Å². The van der Waals surface area contributed by atoms with Crippen molar-refractivity contribution in [2.24, 2.45) is 0 Å². The van der Waals surface area contributed by atoms with Crippen LogP contribution in [0.15, 0.2) is 30.3 Å². The molecule has 0 saturated heterocycles. The molecular weight excluding hydrogens is 376 g/mol. The van der Waals surface area contributed by atoms with Gasteiger partial charge in [0.1, 0.15) is 0 Å². The quantitative estimate of drug-likeness (QED) is 0.478. The van der Waals surface area contributed by atoms with Crippen LogP contribution in [0.2, 0.25) is 0 Å². The van der Waals surface area contributed by atoms with Crippen molar-refractivity contribution in [2.45, 2.75) is 0 Å². The van der Waals surface area contributed by atoms with Gasteiger partial charge in [0.2, 0.25) is 0 Å². The van der Waals surface area contributed by atoms with E-state index in [4.69, 9.17) is 77.6 Å². The van der Waals surface area contributed by atoms with Crippen LogP contribution >= 0.6 is 77.6 Å². The van der Waals surface area contributed by atoms with E-state index in [0.717, 1.165) is 5.19 Å². The maximum Gasteiger partial charge on any atom is 0.440 e. The Morgan fingerprint density at radius 1 is 0.667 bits per heavy atom. The Morgan fingerprint density at radius 3 is 1.20 bits per heavy atom. The highest BCUT2D eigenvalue weighted by atomic mass is 36.0. The van der Waals surface area contributed by atoms with E-state index in [-0.39, 0.29) is 0 Å². The standard InChI is InChI=1S/C6H5Cl3Si.Cl4Si/c7-10(8,9)6-4-2-1-3-5-6;1-5(2,3)4/h1-5H;. The summed E-state index contributed by atoms with van der Waals surface area (Å²) in [6.45, 7) is 0. The zero-order chi connectivity index (χ0) is 12.1. The van der Waals surface area contributed by atoms with Gasteiger partial charge in [-0.2, -0.15) is 0 Å². The second-order valence-electron chi connectivity index (χ2n) is 2.29. The molecule has 0 aromatic heterocycles. The van der Waals surface area contributed by atoms with Crippen molar-refractivity contribution in [3.05, 3.63) is 30.3 Å². The van der Waals surface area contributed by atoms with Crippen LogP contribution in [0.5, 0.6) is 0 Å². The molecule has 0 aliphatic carbocycles. The van der Waals surface area contributed by atoms with E-state index >= 15 is 0 Å². The normalized spacial score (nSPS) is 11.7. The lowest BCUT2D eigenvalue weighted by Crippen LogP contribution is -2.29. The molecule has 0 N–H and O–H groups in total. The van der Waals surface area contributed by atoms with Crippen molar-refractivity contribution in [1.29, 1.82) is 0 Å². The van der Waals surface area contributed by atoms with Crippen LogP contribution in [0.3, 0.4) is 0 Å². The van der Waals surface area contributed by atoms with Crippen molar-refractivity contribution in [3.8, 4) is 0 Å². The molecule has 9 heteroatoms. The van der Waals surface area contributed by atoms with Gasteiger partial charge in [-0.1, -0.05) is 30.3 Å². The van der Waals surface area contributed by atoms with E-state index in [2.05, 4.69) is 0 Å². The molecule has 86 valence electrons. The van der Waals surface area contributed by atoms with Crippen LogP contribution in [0.25, 0.3) is 0 Å². The molecule has 1 rings (SSSR count). The molecule has 0 nitrogen and oxygen atoms in total. The fourth-order valence-electron chi connectivity index (χ4n) is 0.627. The van der Waals surface area contributed by atoms with Gasteiger partial charge in [0, 0.05) is 0 Å². The van der Waals surface area contributed by atoms with Crippen molar-refractivity contribution in [2.75, 3.05) is 0 Å². The summed E-state index contributed by atoms with van der Waals surface area (Å²) in [5, 5.41) is -1.89. The molecule has 0 aliphatic heterocycles. The van der Waals surface area contributed by atoms with Crippen LogP contribution in [0.4, 0.5) is 0 Å². The minimum atomic E-state index is -2.72. The SMILES string of the molecule is Cl[Si](Cl)(Cl)Cl.Cl[Si](Cl)(Cl)c1ccccc1. The second-order valence-corrected chi connectivity index (χ2v) is 21.9. The molecule has 1 aromatic rings. The Morgan fingerprint density at radius 2 is 1.00 bits per heavy atom. The van der Waals surface area contributed by atoms with Crippen LogP contribution in [0, 0.1) is 0 Å². The van der Waals surface area contributed by atoms with E-state index in [9.17, 15) is 0 Å². The summed E-state index contributed by atoms with van der Waals surface area (Å²) in [6, 6.07) is 6.68. The first-order chi connectivity index (χ1) is 6.61. The average molecular weight is 381 g/mol. The lowest BCUT2D eigenvalue weighted by atomic mass is 10.4.